The Bertz CT molecular complexity index is 791. The number of oxime groups is 1. The van der Waals surface area contributed by atoms with Crippen LogP contribution in [0.15, 0.2) is 41.6 Å². The van der Waals surface area contributed by atoms with Gasteiger partial charge >= 0.3 is 0 Å². The second kappa shape index (κ2) is 9.76. The van der Waals surface area contributed by atoms with E-state index in [-0.39, 0.29) is 0 Å². The van der Waals surface area contributed by atoms with Crippen molar-refractivity contribution in [1.82, 2.24) is 9.80 Å². The van der Waals surface area contributed by atoms with Crippen molar-refractivity contribution in [3.05, 3.63) is 47.5 Å². The summed E-state index contributed by atoms with van der Waals surface area (Å²) in [6.07, 6.45) is 0. The zero-order chi connectivity index (χ0) is 20.8. The summed E-state index contributed by atoms with van der Waals surface area (Å²) in [6.45, 7) is 13.3. The van der Waals surface area contributed by atoms with Crippen molar-refractivity contribution in [1.29, 1.82) is 0 Å². The van der Waals surface area contributed by atoms with Crippen molar-refractivity contribution in [2.45, 2.75) is 27.7 Å². The number of nitrogens with zero attached hydrogens (tertiary/aromatic N) is 3. The second-order valence-corrected chi connectivity index (χ2v) is 7.02. The topological polar surface area (TPSA) is 57.5 Å². The maximum atomic E-state index is 9.72. The quantitative estimate of drug-likeness (QED) is 0.315. The van der Waals surface area contributed by atoms with Gasteiger partial charge in [0.15, 0.2) is 0 Å². The summed E-state index contributed by atoms with van der Waals surface area (Å²) < 4.78 is 11.9. The summed E-state index contributed by atoms with van der Waals surface area (Å²) in [7, 11) is 0. The monoisotopic (exact) mass is 397 g/mol. The third-order valence-electron chi connectivity index (χ3n) is 5.50. The van der Waals surface area contributed by atoms with Gasteiger partial charge in [-0.25, -0.2) is 0 Å². The smallest absolute Gasteiger partial charge is 0.142 e. The molecule has 0 atom stereocenters. The summed E-state index contributed by atoms with van der Waals surface area (Å²) in [5.41, 5.74) is 4.38. The first-order valence-corrected chi connectivity index (χ1v) is 10.4. The van der Waals surface area contributed by atoms with E-state index in [0.717, 1.165) is 59.9 Å². The largest absolute Gasteiger partial charge is 0.478 e. The molecule has 0 saturated heterocycles. The standard InChI is InChI=1S/C23H31N3O3/c1-5-25(6-2)15-28-17-9-11-19-20-12-10-18(29-16-26(7-3)8-4)14-22(20)23(24-27)21(19)13-17/h9-14,27H,5-8,15-16H2,1-4H3. The highest BCUT2D eigenvalue weighted by molar-refractivity contribution is 6.24. The van der Waals surface area contributed by atoms with Crippen LogP contribution in [0.25, 0.3) is 11.1 Å². The molecule has 0 aliphatic heterocycles. The van der Waals surface area contributed by atoms with Crippen molar-refractivity contribution >= 4 is 5.71 Å². The summed E-state index contributed by atoms with van der Waals surface area (Å²) in [5, 5.41) is 13.3. The fraction of sp³-hybridized carbons (Fsp3) is 0.435. The first-order chi connectivity index (χ1) is 14.1. The predicted octanol–water partition coefficient (Wildman–Crippen LogP) is 4.25. The molecule has 2 aromatic rings. The van der Waals surface area contributed by atoms with Crippen LogP contribution in [0, 0.1) is 0 Å². The number of hydrogen-bond donors (Lipinski definition) is 1. The van der Waals surface area contributed by atoms with Crippen LogP contribution in [0.4, 0.5) is 0 Å². The van der Waals surface area contributed by atoms with Crippen LogP contribution in [-0.2, 0) is 0 Å². The van der Waals surface area contributed by atoms with Gasteiger partial charge in [-0.3, -0.25) is 9.80 Å². The van der Waals surface area contributed by atoms with Gasteiger partial charge in [0.05, 0.1) is 0 Å². The summed E-state index contributed by atoms with van der Waals surface area (Å²) in [6, 6.07) is 11.9. The van der Waals surface area contributed by atoms with Crippen molar-refractivity contribution in [3.63, 3.8) is 0 Å². The molecule has 1 aliphatic rings. The fourth-order valence-corrected chi connectivity index (χ4v) is 3.48. The van der Waals surface area contributed by atoms with E-state index < -0.39 is 0 Å². The Morgan fingerprint density at radius 3 is 1.45 bits per heavy atom. The van der Waals surface area contributed by atoms with Crippen LogP contribution in [0.5, 0.6) is 11.5 Å². The van der Waals surface area contributed by atoms with Gasteiger partial charge in [-0.15, -0.1) is 0 Å². The van der Waals surface area contributed by atoms with Crippen LogP contribution in [0.3, 0.4) is 0 Å². The van der Waals surface area contributed by atoms with E-state index in [2.05, 4.69) is 42.7 Å². The maximum Gasteiger partial charge on any atom is 0.142 e. The van der Waals surface area contributed by atoms with E-state index in [9.17, 15) is 5.21 Å². The summed E-state index contributed by atoms with van der Waals surface area (Å²) in [5.74, 6) is 1.53. The van der Waals surface area contributed by atoms with Gasteiger partial charge in [0.2, 0.25) is 0 Å². The van der Waals surface area contributed by atoms with Crippen LogP contribution < -0.4 is 9.47 Å². The molecule has 156 valence electrons. The average Bonchev–Trinajstić information content (AvgIpc) is 3.07. The molecule has 1 N–H and O–H groups in total. The lowest BCUT2D eigenvalue weighted by atomic mass is 10.1. The Labute approximate surface area is 173 Å². The summed E-state index contributed by atoms with van der Waals surface area (Å²) >= 11 is 0. The molecule has 0 unspecified atom stereocenters. The molecule has 29 heavy (non-hydrogen) atoms. The van der Waals surface area contributed by atoms with Crippen molar-refractivity contribution in [3.8, 4) is 22.6 Å². The summed E-state index contributed by atoms with van der Waals surface area (Å²) in [4.78, 5) is 4.39. The maximum absolute atomic E-state index is 9.72. The molecule has 0 heterocycles. The van der Waals surface area contributed by atoms with Crippen molar-refractivity contribution in [2.75, 3.05) is 39.6 Å². The molecule has 0 aromatic heterocycles. The molecule has 2 aromatic carbocycles. The highest BCUT2D eigenvalue weighted by Crippen LogP contribution is 2.40. The average molecular weight is 398 g/mol. The van der Waals surface area contributed by atoms with Gasteiger partial charge < -0.3 is 14.7 Å². The third kappa shape index (κ3) is 4.54. The number of ether oxygens (including phenoxy) is 2. The Morgan fingerprint density at radius 1 is 0.690 bits per heavy atom. The molecule has 0 spiro atoms. The first kappa shape index (κ1) is 21.1. The van der Waals surface area contributed by atoms with Gasteiger partial charge in [-0.05, 0) is 73.7 Å². The van der Waals surface area contributed by atoms with E-state index in [1.807, 2.05) is 36.4 Å². The van der Waals surface area contributed by atoms with Gasteiger partial charge in [0, 0.05) is 11.1 Å². The minimum atomic E-state index is 0.535. The second-order valence-electron chi connectivity index (χ2n) is 7.02. The molecule has 6 heteroatoms. The van der Waals surface area contributed by atoms with Crippen LogP contribution in [0.2, 0.25) is 0 Å². The van der Waals surface area contributed by atoms with Gasteiger partial charge in [0.1, 0.15) is 30.7 Å². The minimum absolute atomic E-state index is 0.535. The Balaban J connectivity index is 1.82. The highest BCUT2D eigenvalue weighted by atomic mass is 16.5. The number of rotatable bonds is 10. The normalized spacial score (nSPS) is 12.3. The van der Waals surface area contributed by atoms with Crippen LogP contribution >= 0.6 is 0 Å². The predicted molar refractivity (Wildman–Crippen MR) is 116 cm³/mol. The lowest BCUT2D eigenvalue weighted by Crippen LogP contribution is -2.27. The van der Waals surface area contributed by atoms with Gasteiger partial charge in [-0.1, -0.05) is 32.9 Å². The van der Waals surface area contributed by atoms with Crippen LogP contribution in [0.1, 0.15) is 38.8 Å². The van der Waals surface area contributed by atoms with Gasteiger partial charge in [0.25, 0.3) is 0 Å². The van der Waals surface area contributed by atoms with Crippen molar-refractivity contribution < 1.29 is 14.7 Å². The first-order valence-electron chi connectivity index (χ1n) is 10.4. The van der Waals surface area contributed by atoms with E-state index in [0.29, 0.717) is 19.2 Å². The molecule has 0 radical (unpaired) electrons. The molecular weight excluding hydrogens is 366 g/mol. The molecular formula is C23H31N3O3. The molecule has 1 aliphatic carbocycles. The number of hydrogen-bond acceptors (Lipinski definition) is 6. The molecule has 0 amide bonds. The molecule has 0 saturated carbocycles. The Morgan fingerprint density at radius 2 is 1.10 bits per heavy atom. The Hall–Kier alpha value is -2.57. The zero-order valence-corrected chi connectivity index (χ0v) is 17.8. The van der Waals surface area contributed by atoms with E-state index in [4.69, 9.17) is 9.47 Å². The van der Waals surface area contributed by atoms with Crippen molar-refractivity contribution in [2.24, 2.45) is 5.16 Å². The number of benzene rings is 2. The van der Waals surface area contributed by atoms with Gasteiger partial charge in [-0.2, -0.15) is 0 Å². The zero-order valence-electron chi connectivity index (χ0n) is 17.8. The SMILES string of the molecule is CCN(CC)COc1ccc2c(c1)C(=NO)c1cc(OCN(CC)CC)ccc1-2. The van der Waals surface area contributed by atoms with Crippen LogP contribution in [-0.4, -0.2) is 60.4 Å². The Kier molecular flexibility index (Phi) is 7.12. The molecule has 6 nitrogen and oxygen atoms in total. The minimum Gasteiger partial charge on any atom is -0.478 e. The lowest BCUT2D eigenvalue weighted by molar-refractivity contribution is 0.137. The van der Waals surface area contributed by atoms with E-state index >= 15 is 0 Å². The molecule has 3 rings (SSSR count). The highest BCUT2D eigenvalue weighted by Gasteiger charge is 2.26. The lowest BCUT2D eigenvalue weighted by Gasteiger charge is -2.18. The number of fused-ring (bicyclic) bond motifs is 3. The van der Waals surface area contributed by atoms with E-state index in [1.54, 1.807) is 0 Å². The fourth-order valence-electron chi connectivity index (χ4n) is 3.48. The molecule has 0 fully saturated rings. The van der Waals surface area contributed by atoms with E-state index in [1.165, 1.54) is 0 Å². The molecule has 0 bridgehead atoms. The third-order valence-corrected chi connectivity index (χ3v) is 5.50.